The van der Waals surface area contributed by atoms with E-state index in [0.717, 1.165) is 6.42 Å². The van der Waals surface area contributed by atoms with Gasteiger partial charge in [0.1, 0.15) is 11.4 Å². The second-order valence-electron chi connectivity index (χ2n) is 2.85. The summed E-state index contributed by atoms with van der Waals surface area (Å²) in [6.07, 6.45) is 1.95. The van der Waals surface area contributed by atoms with E-state index < -0.39 is 11.5 Å². The molecule has 5 nitrogen and oxygen atoms in total. The molecule has 1 N–H and O–H groups in total. The van der Waals surface area contributed by atoms with Crippen LogP contribution in [0.2, 0.25) is 0 Å². The maximum absolute atomic E-state index is 11.3. The molecule has 14 heavy (non-hydrogen) atoms. The fourth-order valence-corrected chi connectivity index (χ4v) is 0.902. The van der Waals surface area contributed by atoms with Gasteiger partial charge in [0, 0.05) is 6.20 Å². The minimum Gasteiger partial charge on any atom is -0.462 e. The van der Waals surface area contributed by atoms with Crippen LogP contribution in [0.1, 0.15) is 29.5 Å². The van der Waals surface area contributed by atoms with E-state index in [4.69, 9.17) is 4.74 Å². The van der Waals surface area contributed by atoms with E-state index >= 15 is 0 Å². The summed E-state index contributed by atoms with van der Waals surface area (Å²) in [7, 11) is 0. The van der Waals surface area contributed by atoms with Gasteiger partial charge < -0.3 is 9.72 Å². The minimum atomic E-state index is -0.624. The molecule has 76 valence electrons. The molecule has 0 atom stereocenters. The van der Waals surface area contributed by atoms with Crippen LogP contribution in [-0.4, -0.2) is 22.5 Å². The first kappa shape index (κ1) is 10.4. The van der Waals surface area contributed by atoms with Crippen LogP contribution in [0.3, 0.4) is 0 Å². The molecule has 1 aromatic heterocycles. The maximum atomic E-state index is 11.3. The summed E-state index contributed by atoms with van der Waals surface area (Å²) in [6.45, 7) is 3.83. The molecule has 0 aromatic carbocycles. The number of aryl methyl sites for hydroxylation is 1. The van der Waals surface area contributed by atoms with Gasteiger partial charge in [0.2, 0.25) is 0 Å². The van der Waals surface area contributed by atoms with Gasteiger partial charge in [-0.05, 0) is 13.3 Å². The summed E-state index contributed by atoms with van der Waals surface area (Å²) in [5, 5.41) is 0. The summed E-state index contributed by atoms with van der Waals surface area (Å²) in [5.41, 5.74) is -0.511. The van der Waals surface area contributed by atoms with E-state index in [1.54, 1.807) is 6.92 Å². The molecule has 0 aliphatic carbocycles. The zero-order valence-electron chi connectivity index (χ0n) is 8.16. The monoisotopic (exact) mass is 196 g/mol. The molecule has 0 saturated carbocycles. The van der Waals surface area contributed by atoms with E-state index in [2.05, 4.69) is 9.97 Å². The number of aromatic nitrogens is 2. The fraction of sp³-hybridized carbons (Fsp3) is 0.444. The molecule has 0 aliphatic heterocycles. The zero-order chi connectivity index (χ0) is 10.6. The predicted octanol–water partition coefficient (Wildman–Crippen LogP) is 0.645. The second-order valence-corrected chi connectivity index (χ2v) is 2.85. The summed E-state index contributed by atoms with van der Waals surface area (Å²) < 4.78 is 4.80. The van der Waals surface area contributed by atoms with Gasteiger partial charge in [-0.2, -0.15) is 0 Å². The van der Waals surface area contributed by atoms with E-state index in [9.17, 15) is 9.59 Å². The molecular formula is C9H12N2O3. The Hall–Kier alpha value is -1.65. The highest BCUT2D eigenvalue weighted by atomic mass is 16.5. The van der Waals surface area contributed by atoms with E-state index in [1.165, 1.54) is 6.20 Å². The van der Waals surface area contributed by atoms with Crippen LogP contribution in [-0.2, 0) is 4.74 Å². The quantitative estimate of drug-likeness (QED) is 0.720. The fourth-order valence-electron chi connectivity index (χ4n) is 0.902. The Morgan fingerprint density at radius 3 is 2.93 bits per heavy atom. The van der Waals surface area contributed by atoms with Gasteiger partial charge in [0.25, 0.3) is 5.56 Å². The standard InChI is InChI=1S/C9H12N2O3/c1-3-4-14-9(13)7-5-10-6(2)11-8(7)12/h5H,3-4H2,1-2H3,(H,10,11,12). The van der Waals surface area contributed by atoms with Crippen molar-refractivity contribution in [1.82, 2.24) is 9.97 Å². The number of carbonyl (C=O) groups excluding carboxylic acids is 1. The van der Waals surface area contributed by atoms with Gasteiger partial charge in [-0.15, -0.1) is 0 Å². The zero-order valence-corrected chi connectivity index (χ0v) is 8.16. The third-order valence-corrected chi connectivity index (χ3v) is 1.58. The smallest absolute Gasteiger partial charge is 0.345 e. The molecule has 5 heteroatoms. The van der Waals surface area contributed by atoms with Gasteiger partial charge in [-0.3, -0.25) is 4.79 Å². The largest absolute Gasteiger partial charge is 0.462 e. The number of rotatable bonds is 3. The molecule has 0 saturated heterocycles. The van der Waals surface area contributed by atoms with Gasteiger partial charge in [0.15, 0.2) is 0 Å². The topological polar surface area (TPSA) is 72.0 Å². The Balaban J connectivity index is 2.85. The van der Waals surface area contributed by atoms with Crippen molar-refractivity contribution in [3.63, 3.8) is 0 Å². The van der Waals surface area contributed by atoms with Crippen molar-refractivity contribution in [2.24, 2.45) is 0 Å². The van der Waals surface area contributed by atoms with Crippen molar-refractivity contribution in [3.8, 4) is 0 Å². The van der Waals surface area contributed by atoms with Crippen LogP contribution in [0.15, 0.2) is 11.0 Å². The van der Waals surface area contributed by atoms with E-state index in [-0.39, 0.29) is 5.56 Å². The van der Waals surface area contributed by atoms with Crippen LogP contribution in [0, 0.1) is 6.92 Å². The average Bonchev–Trinajstić information content (AvgIpc) is 2.14. The predicted molar refractivity (Wildman–Crippen MR) is 50.2 cm³/mol. The highest BCUT2D eigenvalue weighted by Gasteiger charge is 2.11. The normalized spacial score (nSPS) is 9.86. The third kappa shape index (κ3) is 2.42. The van der Waals surface area contributed by atoms with Crippen molar-refractivity contribution in [3.05, 3.63) is 27.9 Å². The molecule has 1 heterocycles. The molecule has 1 aromatic rings. The van der Waals surface area contributed by atoms with E-state index in [1.807, 2.05) is 6.92 Å². The third-order valence-electron chi connectivity index (χ3n) is 1.58. The van der Waals surface area contributed by atoms with Gasteiger partial charge in [0.05, 0.1) is 6.61 Å². The first-order valence-electron chi connectivity index (χ1n) is 4.38. The second kappa shape index (κ2) is 4.55. The van der Waals surface area contributed by atoms with E-state index in [0.29, 0.717) is 12.4 Å². The lowest BCUT2D eigenvalue weighted by molar-refractivity contribution is 0.0502. The summed E-state index contributed by atoms with van der Waals surface area (Å²) >= 11 is 0. The number of nitrogens with one attached hydrogen (secondary N) is 1. The lowest BCUT2D eigenvalue weighted by Gasteiger charge is -2.01. The number of aromatic amines is 1. The minimum absolute atomic E-state index is 0.0518. The molecule has 0 bridgehead atoms. The molecule has 0 spiro atoms. The van der Waals surface area contributed by atoms with Gasteiger partial charge >= 0.3 is 5.97 Å². The molecule has 0 radical (unpaired) electrons. The number of H-pyrrole nitrogens is 1. The Bertz CT molecular complexity index is 384. The number of hydrogen-bond donors (Lipinski definition) is 1. The van der Waals surface area contributed by atoms with Crippen LogP contribution in [0.25, 0.3) is 0 Å². The number of ether oxygens (including phenoxy) is 1. The molecule has 0 aliphatic rings. The van der Waals surface area contributed by atoms with Crippen molar-refractivity contribution >= 4 is 5.97 Å². The lowest BCUT2D eigenvalue weighted by atomic mass is 10.3. The molecular weight excluding hydrogens is 184 g/mol. The van der Waals surface area contributed by atoms with Gasteiger partial charge in [-0.25, -0.2) is 9.78 Å². The number of hydrogen-bond acceptors (Lipinski definition) is 4. The summed E-state index contributed by atoms with van der Waals surface area (Å²) in [6, 6.07) is 0. The lowest BCUT2D eigenvalue weighted by Crippen LogP contribution is -2.21. The highest BCUT2D eigenvalue weighted by molar-refractivity contribution is 5.88. The number of nitrogens with zero attached hydrogens (tertiary/aromatic N) is 1. The van der Waals surface area contributed by atoms with Crippen LogP contribution in [0.5, 0.6) is 0 Å². The molecule has 0 fully saturated rings. The Kier molecular flexibility index (Phi) is 3.39. The van der Waals surface area contributed by atoms with Crippen molar-refractivity contribution in [1.29, 1.82) is 0 Å². The number of carbonyl (C=O) groups is 1. The first-order valence-corrected chi connectivity index (χ1v) is 4.38. The van der Waals surface area contributed by atoms with Crippen molar-refractivity contribution < 1.29 is 9.53 Å². The van der Waals surface area contributed by atoms with Crippen LogP contribution < -0.4 is 5.56 Å². The van der Waals surface area contributed by atoms with Crippen LogP contribution in [0.4, 0.5) is 0 Å². The SMILES string of the molecule is CCCOC(=O)c1cnc(C)[nH]c1=O. The average molecular weight is 196 g/mol. The summed E-state index contributed by atoms with van der Waals surface area (Å²) in [4.78, 5) is 28.7. The van der Waals surface area contributed by atoms with Crippen molar-refractivity contribution in [2.75, 3.05) is 6.61 Å². The first-order chi connectivity index (χ1) is 6.65. The molecule has 0 unspecified atom stereocenters. The summed E-state index contributed by atoms with van der Waals surface area (Å²) in [5.74, 6) is -0.150. The molecule has 1 rings (SSSR count). The van der Waals surface area contributed by atoms with Crippen LogP contribution >= 0.6 is 0 Å². The highest BCUT2D eigenvalue weighted by Crippen LogP contribution is 1.94. The maximum Gasteiger partial charge on any atom is 0.345 e. The Morgan fingerprint density at radius 1 is 1.64 bits per heavy atom. The molecule has 0 amide bonds. The number of esters is 1. The Labute approximate surface area is 81.1 Å². The van der Waals surface area contributed by atoms with Crippen molar-refractivity contribution in [2.45, 2.75) is 20.3 Å². The Morgan fingerprint density at radius 2 is 2.36 bits per heavy atom. The van der Waals surface area contributed by atoms with Gasteiger partial charge in [-0.1, -0.05) is 6.92 Å².